The van der Waals surface area contributed by atoms with Crippen molar-refractivity contribution in [1.82, 2.24) is 10.3 Å². The first-order valence-corrected chi connectivity index (χ1v) is 5.71. The Morgan fingerprint density at radius 2 is 2.11 bits per heavy atom. The molecule has 1 heterocycles. The number of aromatic nitrogens is 1. The summed E-state index contributed by atoms with van der Waals surface area (Å²) in [5.41, 5.74) is -0.0386. The van der Waals surface area contributed by atoms with Crippen LogP contribution in [0.1, 0.15) is 34.3 Å². The third-order valence-electron chi connectivity index (χ3n) is 2.16. The van der Waals surface area contributed by atoms with Crippen LogP contribution in [0.4, 0.5) is 0 Å². The lowest BCUT2D eigenvalue weighted by molar-refractivity contribution is 0.0690. The van der Waals surface area contributed by atoms with Gasteiger partial charge in [-0.2, -0.15) is 0 Å². The fourth-order valence-corrected chi connectivity index (χ4v) is 1.29. The first-order chi connectivity index (χ1) is 8.65. The quantitative estimate of drug-likeness (QED) is 0.705. The summed E-state index contributed by atoms with van der Waals surface area (Å²) in [6.07, 6.45) is 0.707. The Bertz CT molecular complexity index is 420. The van der Waals surface area contributed by atoms with Crippen molar-refractivity contribution in [2.45, 2.75) is 13.3 Å². The zero-order valence-corrected chi connectivity index (χ0v) is 10.2. The monoisotopic (exact) mass is 252 g/mol. The van der Waals surface area contributed by atoms with E-state index in [1.54, 1.807) is 0 Å². The van der Waals surface area contributed by atoms with Gasteiger partial charge in [0, 0.05) is 19.8 Å². The predicted molar refractivity (Wildman–Crippen MR) is 64.6 cm³/mol. The highest BCUT2D eigenvalue weighted by molar-refractivity contribution is 5.94. The molecule has 6 heteroatoms. The molecular formula is C12H16N2O4. The van der Waals surface area contributed by atoms with Crippen LogP contribution < -0.4 is 5.32 Å². The molecule has 0 aliphatic heterocycles. The van der Waals surface area contributed by atoms with Crippen LogP contribution in [0, 0.1) is 0 Å². The molecule has 1 aromatic rings. The number of ether oxygens (including phenoxy) is 1. The van der Waals surface area contributed by atoms with E-state index in [0.717, 1.165) is 0 Å². The number of hydrogen-bond acceptors (Lipinski definition) is 4. The summed E-state index contributed by atoms with van der Waals surface area (Å²) in [7, 11) is 0. The van der Waals surface area contributed by atoms with Crippen LogP contribution in [0.15, 0.2) is 18.2 Å². The maximum Gasteiger partial charge on any atom is 0.354 e. The predicted octanol–water partition coefficient (Wildman–Crippen LogP) is 0.936. The van der Waals surface area contributed by atoms with Crippen molar-refractivity contribution >= 4 is 11.9 Å². The van der Waals surface area contributed by atoms with Gasteiger partial charge in [0.25, 0.3) is 5.91 Å². The number of nitrogens with zero attached hydrogens (tertiary/aromatic N) is 1. The molecule has 1 aromatic heterocycles. The number of amides is 1. The standard InChI is InChI=1S/C12H16N2O4/c1-2-18-8-4-7-13-11(15)9-5-3-6-10(14-9)12(16)17/h3,5-6H,2,4,7-8H2,1H3,(H,13,15)(H,16,17). The van der Waals surface area contributed by atoms with Gasteiger partial charge in [-0.1, -0.05) is 6.07 Å². The Morgan fingerprint density at radius 1 is 1.39 bits per heavy atom. The molecule has 0 aliphatic rings. The molecular weight excluding hydrogens is 236 g/mol. The number of rotatable bonds is 7. The topological polar surface area (TPSA) is 88.5 Å². The smallest absolute Gasteiger partial charge is 0.354 e. The number of carbonyl (C=O) groups is 2. The molecule has 0 spiro atoms. The number of carboxylic acids is 1. The molecule has 1 rings (SSSR count). The number of hydrogen-bond donors (Lipinski definition) is 2. The maximum absolute atomic E-state index is 11.6. The average Bonchev–Trinajstić information content (AvgIpc) is 2.38. The van der Waals surface area contributed by atoms with Gasteiger partial charge in [0.05, 0.1) is 0 Å². The molecule has 0 aromatic carbocycles. The van der Waals surface area contributed by atoms with Crippen molar-refractivity contribution in [1.29, 1.82) is 0 Å². The Balaban J connectivity index is 2.46. The molecule has 0 fully saturated rings. The van der Waals surface area contributed by atoms with Crippen molar-refractivity contribution in [3.63, 3.8) is 0 Å². The van der Waals surface area contributed by atoms with E-state index >= 15 is 0 Å². The second-order valence-electron chi connectivity index (χ2n) is 3.52. The lowest BCUT2D eigenvalue weighted by atomic mass is 10.3. The van der Waals surface area contributed by atoms with Crippen molar-refractivity contribution < 1.29 is 19.4 Å². The number of carboxylic acid groups (broad SMARTS) is 1. The van der Waals surface area contributed by atoms with Crippen LogP contribution in [-0.4, -0.2) is 41.7 Å². The lowest BCUT2D eigenvalue weighted by Crippen LogP contribution is -2.26. The third kappa shape index (κ3) is 4.50. The zero-order chi connectivity index (χ0) is 13.4. The molecule has 0 unspecified atom stereocenters. The zero-order valence-electron chi connectivity index (χ0n) is 10.2. The third-order valence-corrected chi connectivity index (χ3v) is 2.16. The normalized spacial score (nSPS) is 10.1. The van der Waals surface area contributed by atoms with Crippen LogP contribution in [0.3, 0.4) is 0 Å². The summed E-state index contributed by atoms with van der Waals surface area (Å²) in [6.45, 7) is 3.60. The van der Waals surface area contributed by atoms with Crippen LogP contribution >= 0.6 is 0 Å². The van der Waals surface area contributed by atoms with Gasteiger partial charge < -0.3 is 15.2 Å². The minimum atomic E-state index is -1.15. The summed E-state index contributed by atoms with van der Waals surface area (Å²) < 4.78 is 5.13. The van der Waals surface area contributed by atoms with E-state index in [-0.39, 0.29) is 17.3 Å². The van der Waals surface area contributed by atoms with E-state index in [4.69, 9.17) is 9.84 Å². The number of aromatic carboxylic acids is 1. The van der Waals surface area contributed by atoms with Gasteiger partial charge in [-0.3, -0.25) is 4.79 Å². The molecule has 0 radical (unpaired) electrons. The van der Waals surface area contributed by atoms with Gasteiger partial charge in [-0.25, -0.2) is 9.78 Å². The molecule has 6 nitrogen and oxygen atoms in total. The molecule has 2 N–H and O–H groups in total. The largest absolute Gasteiger partial charge is 0.477 e. The van der Waals surface area contributed by atoms with E-state index in [1.165, 1.54) is 18.2 Å². The highest BCUT2D eigenvalue weighted by atomic mass is 16.5. The second-order valence-corrected chi connectivity index (χ2v) is 3.52. The van der Waals surface area contributed by atoms with Crippen molar-refractivity contribution in [3.8, 4) is 0 Å². The highest BCUT2D eigenvalue weighted by Crippen LogP contribution is 1.99. The molecule has 1 amide bonds. The minimum Gasteiger partial charge on any atom is -0.477 e. The SMILES string of the molecule is CCOCCCNC(=O)c1cccc(C(=O)O)n1. The van der Waals surface area contributed by atoms with Crippen LogP contribution in [0.2, 0.25) is 0 Å². The highest BCUT2D eigenvalue weighted by Gasteiger charge is 2.10. The number of nitrogens with one attached hydrogen (secondary N) is 1. The van der Waals surface area contributed by atoms with Gasteiger partial charge in [0.1, 0.15) is 11.4 Å². The molecule has 0 saturated carbocycles. The van der Waals surface area contributed by atoms with Crippen LogP contribution in [0.25, 0.3) is 0 Å². The first-order valence-electron chi connectivity index (χ1n) is 5.71. The Morgan fingerprint density at radius 3 is 2.78 bits per heavy atom. The summed E-state index contributed by atoms with van der Waals surface area (Å²) >= 11 is 0. The summed E-state index contributed by atoms with van der Waals surface area (Å²) in [6, 6.07) is 4.31. The van der Waals surface area contributed by atoms with Crippen molar-refractivity contribution in [3.05, 3.63) is 29.6 Å². The van der Waals surface area contributed by atoms with E-state index in [1.807, 2.05) is 6.92 Å². The van der Waals surface area contributed by atoms with Gasteiger partial charge in [0.15, 0.2) is 0 Å². The molecule has 0 bridgehead atoms. The maximum atomic E-state index is 11.6. The lowest BCUT2D eigenvalue weighted by Gasteiger charge is -2.05. The Kier molecular flexibility index (Phi) is 5.79. The van der Waals surface area contributed by atoms with Gasteiger partial charge in [-0.05, 0) is 25.5 Å². The van der Waals surface area contributed by atoms with Crippen LogP contribution in [0.5, 0.6) is 0 Å². The van der Waals surface area contributed by atoms with Crippen LogP contribution in [-0.2, 0) is 4.74 Å². The first kappa shape index (κ1) is 14.1. The summed E-state index contributed by atoms with van der Waals surface area (Å²) in [5.74, 6) is -1.53. The van der Waals surface area contributed by atoms with E-state index in [9.17, 15) is 9.59 Å². The van der Waals surface area contributed by atoms with E-state index in [2.05, 4.69) is 10.3 Å². The van der Waals surface area contributed by atoms with E-state index < -0.39 is 5.97 Å². The Labute approximate surface area is 105 Å². The molecule has 18 heavy (non-hydrogen) atoms. The second kappa shape index (κ2) is 7.39. The molecule has 0 saturated heterocycles. The fraction of sp³-hybridized carbons (Fsp3) is 0.417. The van der Waals surface area contributed by atoms with Crippen molar-refractivity contribution in [2.24, 2.45) is 0 Å². The number of pyridine rings is 1. The summed E-state index contributed by atoms with van der Waals surface area (Å²) in [5, 5.41) is 11.4. The van der Waals surface area contributed by atoms with Gasteiger partial charge in [-0.15, -0.1) is 0 Å². The van der Waals surface area contributed by atoms with E-state index in [0.29, 0.717) is 26.2 Å². The minimum absolute atomic E-state index is 0.103. The molecule has 98 valence electrons. The van der Waals surface area contributed by atoms with Gasteiger partial charge >= 0.3 is 5.97 Å². The average molecular weight is 252 g/mol. The number of carbonyl (C=O) groups excluding carboxylic acids is 1. The molecule has 0 aliphatic carbocycles. The summed E-state index contributed by atoms with van der Waals surface area (Å²) in [4.78, 5) is 26.1. The van der Waals surface area contributed by atoms with Gasteiger partial charge in [0.2, 0.25) is 0 Å². The van der Waals surface area contributed by atoms with Crippen molar-refractivity contribution in [2.75, 3.05) is 19.8 Å². The molecule has 0 atom stereocenters. The fourth-order valence-electron chi connectivity index (χ4n) is 1.29. The Hall–Kier alpha value is -1.95.